The Balaban J connectivity index is 1.11. The van der Waals surface area contributed by atoms with E-state index in [0.29, 0.717) is 0 Å². The summed E-state index contributed by atoms with van der Waals surface area (Å²) in [4.78, 5) is 5.06. The van der Waals surface area contributed by atoms with E-state index in [1.165, 1.54) is 39.0 Å². The summed E-state index contributed by atoms with van der Waals surface area (Å²) >= 11 is 0. The molecule has 6 aromatic carbocycles. The van der Waals surface area contributed by atoms with Crippen LogP contribution >= 0.6 is 0 Å². The van der Waals surface area contributed by atoms with Gasteiger partial charge in [0, 0.05) is 22.3 Å². The van der Waals surface area contributed by atoms with E-state index in [0.717, 1.165) is 45.3 Å². The van der Waals surface area contributed by atoms with Crippen LogP contribution < -0.4 is 10.1 Å². The minimum Gasteiger partial charge on any atom is -0.457 e. The maximum absolute atomic E-state index is 6.78. The number of hydrogen-bond donors (Lipinski definition) is 1. The third-order valence-corrected chi connectivity index (χ3v) is 10.2. The fraction of sp³-hybridized carbons (Fsp3) is 0.0444. The fourth-order valence-corrected chi connectivity index (χ4v) is 8.11. The summed E-state index contributed by atoms with van der Waals surface area (Å²) in [5, 5.41) is 3.70. The average molecular weight is 615 g/mol. The number of allylic oxidation sites excluding steroid dienone is 2. The van der Waals surface area contributed by atoms with Gasteiger partial charge >= 0.3 is 0 Å². The van der Waals surface area contributed by atoms with Gasteiger partial charge in [-0.05, 0) is 57.1 Å². The number of aliphatic imine (C=N–C) groups is 1. The van der Waals surface area contributed by atoms with Crippen molar-refractivity contribution >= 4 is 11.5 Å². The lowest BCUT2D eigenvalue weighted by molar-refractivity contribution is 0.436. The monoisotopic (exact) mass is 614 g/mol. The molecule has 0 bridgehead atoms. The zero-order valence-corrected chi connectivity index (χ0v) is 26.1. The molecule has 2 heterocycles. The molecule has 3 heteroatoms. The van der Waals surface area contributed by atoms with Crippen molar-refractivity contribution in [3.8, 4) is 33.8 Å². The van der Waals surface area contributed by atoms with Crippen molar-refractivity contribution < 1.29 is 4.74 Å². The van der Waals surface area contributed by atoms with Crippen LogP contribution in [0.15, 0.2) is 180 Å². The van der Waals surface area contributed by atoms with Gasteiger partial charge in [-0.15, -0.1) is 0 Å². The molecule has 226 valence electrons. The van der Waals surface area contributed by atoms with E-state index >= 15 is 0 Å². The molecule has 3 nitrogen and oxygen atoms in total. The summed E-state index contributed by atoms with van der Waals surface area (Å²) in [7, 11) is 0. The third-order valence-electron chi connectivity index (χ3n) is 10.2. The lowest BCUT2D eigenvalue weighted by atomic mass is 9.66. The predicted octanol–water partition coefficient (Wildman–Crippen LogP) is 10.1. The van der Waals surface area contributed by atoms with E-state index in [4.69, 9.17) is 9.73 Å². The highest BCUT2D eigenvalue weighted by Gasteiger charge is 2.50. The lowest BCUT2D eigenvalue weighted by Crippen LogP contribution is -2.32. The van der Waals surface area contributed by atoms with Gasteiger partial charge in [0.25, 0.3) is 0 Å². The molecular formula is C45H30N2O. The normalized spacial score (nSPS) is 17.3. The van der Waals surface area contributed by atoms with Gasteiger partial charge in [-0.1, -0.05) is 152 Å². The molecular weight excluding hydrogens is 585 g/mol. The molecule has 0 fully saturated rings. The topological polar surface area (TPSA) is 33.6 Å². The highest BCUT2D eigenvalue weighted by atomic mass is 16.5. The Bertz CT molecular complexity index is 2370. The molecule has 0 aromatic heterocycles. The predicted molar refractivity (Wildman–Crippen MR) is 194 cm³/mol. The van der Waals surface area contributed by atoms with E-state index < -0.39 is 5.41 Å². The van der Waals surface area contributed by atoms with Crippen LogP contribution in [0, 0.1) is 0 Å². The van der Waals surface area contributed by atoms with Gasteiger partial charge in [-0.25, -0.2) is 0 Å². The van der Waals surface area contributed by atoms with Crippen molar-refractivity contribution in [2.24, 2.45) is 4.99 Å². The van der Waals surface area contributed by atoms with Crippen LogP contribution in [0.3, 0.4) is 0 Å². The van der Waals surface area contributed by atoms with Gasteiger partial charge in [-0.2, -0.15) is 0 Å². The van der Waals surface area contributed by atoms with Crippen molar-refractivity contribution in [2.45, 2.75) is 11.5 Å². The van der Waals surface area contributed by atoms with Crippen LogP contribution in [0.5, 0.6) is 11.5 Å². The first kappa shape index (κ1) is 27.0. The first-order valence-corrected chi connectivity index (χ1v) is 16.5. The first-order chi connectivity index (χ1) is 23.8. The molecule has 0 saturated heterocycles. The molecule has 4 aliphatic rings. The second-order valence-electron chi connectivity index (χ2n) is 12.7. The van der Waals surface area contributed by atoms with Gasteiger partial charge in [0.2, 0.25) is 0 Å². The number of benzene rings is 6. The van der Waals surface area contributed by atoms with Crippen LogP contribution in [0.4, 0.5) is 0 Å². The largest absolute Gasteiger partial charge is 0.457 e. The Labute approximate surface area is 279 Å². The molecule has 0 radical (unpaired) electrons. The van der Waals surface area contributed by atoms with E-state index in [9.17, 15) is 0 Å². The summed E-state index contributed by atoms with van der Waals surface area (Å²) in [6, 6.07) is 52.1. The number of fused-ring (bicyclic) bond motifs is 10. The highest BCUT2D eigenvalue weighted by Crippen LogP contribution is 2.62. The summed E-state index contributed by atoms with van der Waals surface area (Å²) in [6.45, 7) is 0. The number of para-hydroxylation sites is 1. The number of amidine groups is 1. The highest BCUT2D eigenvalue weighted by molar-refractivity contribution is 6.06. The van der Waals surface area contributed by atoms with Crippen LogP contribution in [0.1, 0.15) is 33.4 Å². The summed E-state index contributed by atoms with van der Waals surface area (Å²) in [5.41, 5.74) is 13.7. The third kappa shape index (κ3) is 3.85. The van der Waals surface area contributed by atoms with Crippen LogP contribution in [0.25, 0.3) is 28.0 Å². The molecule has 1 spiro atoms. The van der Waals surface area contributed by atoms with Crippen LogP contribution in [0.2, 0.25) is 0 Å². The smallest absolute Gasteiger partial charge is 0.133 e. The van der Waals surface area contributed by atoms with Crippen molar-refractivity contribution in [1.82, 2.24) is 5.32 Å². The van der Waals surface area contributed by atoms with E-state index in [1.54, 1.807) is 0 Å². The number of hydrogen-bond acceptors (Lipinski definition) is 3. The van der Waals surface area contributed by atoms with Crippen molar-refractivity contribution in [3.63, 3.8) is 0 Å². The van der Waals surface area contributed by atoms with Gasteiger partial charge in [0.15, 0.2) is 0 Å². The van der Waals surface area contributed by atoms with Crippen molar-refractivity contribution in [2.75, 3.05) is 0 Å². The fourth-order valence-electron chi connectivity index (χ4n) is 8.11. The molecule has 48 heavy (non-hydrogen) atoms. The zero-order valence-electron chi connectivity index (χ0n) is 26.1. The molecule has 2 aliphatic carbocycles. The molecule has 1 unspecified atom stereocenters. The standard InChI is InChI=1S/C45H30N2O/c1-2-13-29(14-3-1)44-46-40-23-10-6-19-35(40)43(47-44)32-16-12-15-30(27-32)31-25-26-39-42(28-31)48-41-24-11-9-22-38(41)45(39)36-20-7-4-17-33(36)34-18-5-8-21-37(34)45/h1-28,40H,(H,46,47). The second kappa shape index (κ2) is 10.4. The molecule has 10 rings (SSSR count). The summed E-state index contributed by atoms with van der Waals surface area (Å²) in [6.07, 6.45) is 8.51. The van der Waals surface area contributed by atoms with Gasteiger partial charge < -0.3 is 10.1 Å². The van der Waals surface area contributed by atoms with Gasteiger partial charge in [-0.3, -0.25) is 4.99 Å². The zero-order chi connectivity index (χ0) is 31.7. The quantitative estimate of drug-likeness (QED) is 0.215. The van der Waals surface area contributed by atoms with E-state index in [-0.39, 0.29) is 6.04 Å². The van der Waals surface area contributed by atoms with E-state index in [2.05, 4.69) is 169 Å². The van der Waals surface area contributed by atoms with Crippen molar-refractivity contribution in [1.29, 1.82) is 0 Å². The number of ether oxygens (including phenoxy) is 1. The van der Waals surface area contributed by atoms with Crippen molar-refractivity contribution in [3.05, 3.63) is 209 Å². The lowest BCUT2D eigenvalue weighted by Gasteiger charge is -2.39. The Morgan fingerprint density at radius 2 is 1.17 bits per heavy atom. The van der Waals surface area contributed by atoms with Crippen LogP contribution in [-0.4, -0.2) is 11.9 Å². The number of nitrogens with zero attached hydrogens (tertiary/aromatic N) is 1. The maximum atomic E-state index is 6.78. The molecule has 0 saturated carbocycles. The van der Waals surface area contributed by atoms with E-state index in [1.807, 2.05) is 6.07 Å². The Hall–Kier alpha value is -6.19. The summed E-state index contributed by atoms with van der Waals surface area (Å²) in [5.74, 6) is 2.67. The first-order valence-electron chi connectivity index (χ1n) is 16.5. The summed E-state index contributed by atoms with van der Waals surface area (Å²) < 4.78 is 6.78. The Morgan fingerprint density at radius 3 is 1.98 bits per heavy atom. The number of rotatable bonds is 3. The molecule has 0 amide bonds. The van der Waals surface area contributed by atoms with Gasteiger partial charge in [0.1, 0.15) is 17.3 Å². The maximum Gasteiger partial charge on any atom is 0.133 e. The molecule has 6 aromatic rings. The molecule has 2 aliphatic heterocycles. The molecule has 1 atom stereocenters. The second-order valence-corrected chi connectivity index (χ2v) is 12.7. The Kier molecular flexibility index (Phi) is 5.85. The average Bonchev–Trinajstić information content (AvgIpc) is 3.45. The minimum atomic E-state index is -0.459. The van der Waals surface area contributed by atoms with Gasteiger partial charge in [0.05, 0.1) is 17.2 Å². The molecule has 1 N–H and O–H groups in total. The number of nitrogens with one attached hydrogen (secondary N) is 1. The Morgan fingerprint density at radius 1 is 0.521 bits per heavy atom. The van der Waals surface area contributed by atoms with Crippen LogP contribution in [-0.2, 0) is 5.41 Å². The SMILES string of the molecule is C1=CC2=C(c3cccc(-c4ccc5c(c4)Oc4ccccc4C54c5ccccc5-c5ccccc54)c3)NC(c3ccccc3)=NC2C=C1. The minimum absolute atomic E-state index is 0.0318.